The molecule has 0 saturated carbocycles. The third-order valence-corrected chi connectivity index (χ3v) is 7.75. The van der Waals surface area contributed by atoms with Crippen molar-refractivity contribution >= 4 is 24.6 Å². The quantitative estimate of drug-likeness (QED) is 0.487. The first-order valence-corrected chi connectivity index (χ1v) is 12.7. The van der Waals surface area contributed by atoms with Crippen molar-refractivity contribution < 1.29 is 28.7 Å². The Hall–Kier alpha value is -2.89. The predicted octanol–water partition coefficient (Wildman–Crippen LogP) is 2.96. The minimum atomic E-state index is -1.23. The van der Waals surface area contributed by atoms with E-state index in [2.05, 4.69) is 15.3 Å². The highest BCUT2D eigenvalue weighted by Crippen LogP contribution is 2.37. The molecule has 0 aliphatic carbocycles. The summed E-state index contributed by atoms with van der Waals surface area (Å²) >= 11 is 0. The third-order valence-electron chi connectivity index (χ3n) is 7.75. The number of carbonyl (C=O) groups excluding carboxylic acids is 1. The molecule has 2 fully saturated rings. The molecule has 1 aromatic heterocycles. The van der Waals surface area contributed by atoms with Gasteiger partial charge in [0.05, 0.1) is 35.2 Å². The molecule has 3 atom stereocenters. The van der Waals surface area contributed by atoms with Crippen molar-refractivity contribution in [1.29, 1.82) is 0 Å². The van der Waals surface area contributed by atoms with Crippen LogP contribution in [0.15, 0.2) is 30.5 Å². The van der Waals surface area contributed by atoms with Crippen LogP contribution in [0.3, 0.4) is 0 Å². The predicted molar refractivity (Wildman–Crippen MR) is 139 cm³/mol. The van der Waals surface area contributed by atoms with Gasteiger partial charge in [-0.15, -0.1) is 0 Å². The van der Waals surface area contributed by atoms with Crippen LogP contribution in [0.5, 0.6) is 0 Å². The Balaban J connectivity index is 1.53. The molecule has 0 radical (unpaired) electrons. The van der Waals surface area contributed by atoms with Gasteiger partial charge < -0.3 is 34.4 Å². The van der Waals surface area contributed by atoms with Crippen LogP contribution in [0.2, 0.25) is 0 Å². The van der Waals surface area contributed by atoms with Crippen LogP contribution in [-0.4, -0.2) is 76.1 Å². The Bertz CT molecular complexity index is 1120. The van der Waals surface area contributed by atoms with Crippen molar-refractivity contribution in [3.8, 4) is 11.3 Å². The fraction of sp³-hybridized carbons (Fsp3) is 0.577. The largest absolute Gasteiger partial charge is 0.494 e. The lowest BCUT2D eigenvalue weighted by Crippen LogP contribution is -2.51. The van der Waals surface area contributed by atoms with E-state index < -0.39 is 30.5 Å². The number of aromatic amines is 1. The molecule has 2 aliphatic heterocycles. The number of carboxylic acid groups (broad SMARTS) is 1. The van der Waals surface area contributed by atoms with Gasteiger partial charge in [-0.1, -0.05) is 38.1 Å². The number of methoxy groups -OCH3 is 1. The number of H-pyrrole nitrogens is 1. The smallest absolute Gasteiger partial charge is 0.465 e. The lowest BCUT2D eigenvalue weighted by molar-refractivity contribution is -0.135. The monoisotopic (exact) mass is 512 g/mol. The van der Waals surface area contributed by atoms with Crippen molar-refractivity contribution in [3.63, 3.8) is 0 Å². The molecule has 3 heterocycles. The molecule has 2 saturated heterocycles. The first-order chi connectivity index (χ1) is 17.3. The van der Waals surface area contributed by atoms with Crippen LogP contribution < -0.4 is 10.8 Å². The average Bonchev–Trinajstić information content (AvgIpc) is 3.53. The van der Waals surface area contributed by atoms with Gasteiger partial charge >= 0.3 is 13.2 Å². The summed E-state index contributed by atoms with van der Waals surface area (Å²) in [5, 5.41) is 11.6. The first kappa shape index (κ1) is 27.2. The molecule has 37 heavy (non-hydrogen) atoms. The number of amides is 2. The number of nitrogens with one attached hydrogen (secondary N) is 2. The molecule has 3 N–H and O–H groups in total. The zero-order valence-corrected chi connectivity index (χ0v) is 22.6. The molecule has 0 bridgehead atoms. The fourth-order valence-electron chi connectivity index (χ4n) is 4.75. The Labute approximate surface area is 218 Å². The number of nitrogens with zero attached hydrogens (tertiary/aromatic N) is 2. The molecule has 2 aromatic rings. The Kier molecular flexibility index (Phi) is 7.42. The summed E-state index contributed by atoms with van der Waals surface area (Å²) in [7, 11) is 1.18. The van der Waals surface area contributed by atoms with E-state index in [9.17, 15) is 14.7 Å². The molecule has 10 nitrogen and oxygen atoms in total. The maximum atomic E-state index is 13.4. The lowest BCUT2D eigenvalue weighted by atomic mass is 9.79. The van der Waals surface area contributed by atoms with Crippen LogP contribution in [0.4, 0.5) is 4.79 Å². The highest BCUT2D eigenvalue weighted by Gasteiger charge is 2.51. The summed E-state index contributed by atoms with van der Waals surface area (Å²) in [6, 6.07) is 6.72. The number of imidazole rings is 1. The molecule has 4 rings (SSSR count). The fourth-order valence-corrected chi connectivity index (χ4v) is 4.75. The number of rotatable bonds is 7. The molecule has 2 aliphatic rings. The van der Waals surface area contributed by atoms with E-state index in [-0.39, 0.29) is 24.0 Å². The number of hydrogen-bond donors (Lipinski definition) is 3. The lowest BCUT2D eigenvalue weighted by Gasteiger charge is -2.32. The SMILES string of the molecule is CO[C@@H]1C[C@@H](c2ncc(-c3ccc(B4OC(C)(C)C(C)(C)O4)cc3)[nH]2)N(C(=O)[C@@H](NC(=O)O)C(C)C)C1. The van der Waals surface area contributed by atoms with Crippen molar-refractivity contribution in [1.82, 2.24) is 20.2 Å². The molecule has 0 spiro atoms. The molecule has 0 unspecified atom stereocenters. The van der Waals surface area contributed by atoms with E-state index in [0.717, 1.165) is 16.7 Å². The number of ether oxygens (including phenoxy) is 1. The summed E-state index contributed by atoms with van der Waals surface area (Å²) in [6.07, 6.45) is 0.917. The molecular weight excluding hydrogens is 475 g/mol. The maximum Gasteiger partial charge on any atom is 0.494 e. The number of benzene rings is 1. The van der Waals surface area contributed by atoms with Crippen LogP contribution in [0.1, 0.15) is 59.8 Å². The van der Waals surface area contributed by atoms with Crippen molar-refractivity contribution in [3.05, 3.63) is 36.3 Å². The summed E-state index contributed by atoms with van der Waals surface area (Å²) in [5.41, 5.74) is 1.86. The minimum absolute atomic E-state index is 0.167. The first-order valence-electron chi connectivity index (χ1n) is 12.7. The van der Waals surface area contributed by atoms with Crippen LogP contribution in [-0.2, 0) is 18.8 Å². The van der Waals surface area contributed by atoms with E-state index >= 15 is 0 Å². The number of likely N-dealkylation sites (tertiary alicyclic amines) is 1. The van der Waals surface area contributed by atoms with Gasteiger partial charge in [-0.3, -0.25) is 4.79 Å². The molecule has 2 amide bonds. The van der Waals surface area contributed by atoms with E-state index in [1.165, 1.54) is 0 Å². The van der Waals surface area contributed by atoms with Crippen molar-refractivity contribution in [2.24, 2.45) is 5.92 Å². The van der Waals surface area contributed by atoms with Crippen LogP contribution in [0, 0.1) is 5.92 Å². The summed E-state index contributed by atoms with van der Waals surface area (Å²) in [4.78, 5) is 34.3. The molecule has 1 aromatic carbocycles. The summed E-state index contributed by atoms with van der Waals surface area (Å²) in [5.74, 6) is 0.142. The average molecular weight is 512 g/mol. The number of hydrogen-bond acceptors (Lipinski definition) is 6. The Morgan fingerprint density at radius 2 is 1.81 bits per heavy atom. The summed E-state index contributed by atoms with van der Waals surface area (Å²) < 4.78 is 17.8. The van der Waals surface area contributed by atoms with Gasteiger partial charge in [0.2, 0.25) is 5.91 Å². The normalized spacial score (nSPS) is 23.5. The topological polar surface area (TPSA) is 126 Å². The van der Waals surface area contributed by atoms with E-state index in [4.69, 9.17) is 14.0 Å². The van der Waals surface area contributed by atoms with Gasteiger partial charge in [0.15, 0.2) is 0 Å². The summed E-state index contributed by atoms with van der Waals surface area (Å²) in [6.45, 7) is 12.1. The zero-order valence-electron chi connectivity index (χ0n) is 22.6. The van der Waals surface area contributed by atoms with E-state index in [1.807, 2.05) is 65.8 Å². The Morgan fingerprint density at radius 3 is 2.35 bits per heavy atom. The zero-order chi connectivity index (χ0) is 27.1. The molecule has 200 valence electrons. The van der Waals surface area contributed by atoms with E-state index in [0.29, 0.717) is 18.8 Å². The third kappa shape index (κ3) is 5.39. The van der Waals surface area contributed by atoms with Gasteiger partial charge in [0.25, 0.3) is 0 Å². The highest BCUT2D eigenvalue weighted by atomic mass is 16.7. The molecule has 11 heteroatoms. The van der Waals surface area contributed by atoms with Crippen molar-refractivity contribution in [2.45, 2.75) is 77.4 Å². The minimum Gasteiger partial charge on any atom is -0.465 e. The van der Waals surface area contributed by atoms with Gasteiger partial charge in [-0.05, 0) is 44.6 Å². The second-order valence-electron chi connectivity index (χ2n) is 11.2. The second-order valence-corrected chi connectivity index (χ2v) is 11.2. The number of carbonyl (C=O) groups is 2. The second kappa shape index (κ2) is 10.1. The van der Waals surface area contributed by atoms with E-state index in [1.54, 1.807) is 18.2 Å². The van der Waals surface area contributed by atoms with Crippen molar-refractivity contribution in [2.75, 3.05) is 13.7 Å². The number of aromatic nitrogens is 2. The van der Waals surface area contributed by atoms with Gasteiger partial charge in [0.1, 0.15) is 11.9 Å². The van der Waals surface area contributed by atoms with Crippen LogP contribution >= 0.6 is 0 Å². The maximum absolute atomic E-state index is 13.4. The van der Waals surface area contributed by atoms with Gasteiger partial charge in [0, 0.05) is 20.1 Å². The van der Waals surface area contributed by atoms with Crippen LogP contribution in [0.25, 0.3) is 11.3 Å². The van der Waals surface area contributed by atoms with Gasteiger partial charge in [-0.2, -0.15) is 0 Å². The van der Waals surface area contributed by atoms with Gasteiger partial charge in [-0.25, -0.2) is 9.78 Å². The Morgan fingerprint density at radius 1 is 1.19 bits per heavy atom. The standard InChI is InChI=1S/C26H37BN4O6/c1-15(2)21(30-24(33)34)23(32)31-14-18(35-7)12-20(31)22-28-13-19(29-22)16-8-10-17(11-9-16)27-36-25(3,4)26(5,6)37-27/h8-11,13,15,18,20-21,30H,12,14H2,1-7H3,(H,28,29)(H,33,34)/t18-,20+,21+/m1/s1. The molecular formula is C26H37BN4O6. The highest BCUT2D eigenvalue weighted by molar-refractivity contribution is 6.62.